The lowest BCUT2D eigenvalue weighted by atomic mass is 10.1. The Morgan fingerprint density at radius 1 is 1.32 bits per heavy atom. The van der Waals surface area contributed by atoms with Crippen molar-refractivity contribution in [3.8, 4) is 0 Å². The standard InChI is InChI=1S/C15H18N2O3S2/c1-10-3-5-11(6-4-10)7-14(18)16-15-17(2)12-8-22(19,20)9-13(12)21-15/h3-6,12-13H,7-9H2,1-2H3. The van der Waals surface area contributed by atoms with Crippen LogP contribution in [0.2, 0.25) is 0 Å². The van der Waals surface area contributed by atoms with E-state index in [1.165, 1.54) is 11.8 Å². The van der Waals surface area contributed by atoms with Crippen molar-refractivity contribution in [1.29, 1.82) is 0 Å². The third-order valence-electron chi connectivity index (χ3n) is 4.02. The van der Waals surface area contributed by atoms with Crippen LogP contribution in [0.1, 0.15) is 11.1 Å². The number of aliphatic imine (C=N–C) groups is 1. The molecular formula is C15H18N2O3S2. The molecule has 0 N–H and O–H groups in total. The molecule has 2 aliphatic rings. The Labute approximate surface area is 134 Å². The van der Waals surface area contributed by atoms with Gasteiger partial charge in [-0.25, -0.2) is 8.42 Å². The zero-order valence-corrected chi connectivity index (χ0v) is 14.2. The average molecular weight is 338 g/mol. The number of benzene rings is 1. The fourth-order valence-corrected chi connectivity index (χ4v) is 6.78. The summed E-state index contributed by atoms with van der Waals surface area (Å²) in [5.74, 6) is 0.144. The van der Waals surface area contributed by atoms with Crippen LogP contribution in [0, 0.1) is 6.92 Å². The van der Waals surface area contributed by atoms with E-state index < -0.39 is 9.84 Å². The Bertz CT molecular complexity index is 726. The number of fused-ring (bicyclic) bond motifs is 1. The normalized spacial score (nSPS) is 28.1. The summed E-state index contributed by atoms with van der Waals surface area (Å²) in [6.45, 7) is 2.00. The van der Waals surface area contributed by atoms with Gasteiger partial charge in [-0.2, -0.15) is 4.99 Å². The van der Waals surface area contributed by atoms with E-state index in [9.17, 15) is 13.2 Å². The average Bonchev–Trinajstić information content (AvgIpc) is 2.87. The molecule has 0 aromatic heterocycles. The predicted octanol–water partition coefficient (Wildman–Crippen LogP) is 1.26. The molecule has 7 heteroatoms. The van der Waals surface area contributed by atoms with Gasteiger partial charge in [0.1, 0.15) is 0 Å². The van der Waals surface area contributed by atoms with Crippen LogP contribution >= 0.6 is 11.8 Å². The summed E-state index contributed by atoms with van der Waals surface area (Å²) in [4.78, 5) is 18.1. The molecule has 2 atom stereocenters. The fourth-order valence-electron chi connectivity index (χ4n) is 2.76. The molecule has 1 aromatic carbocycles. The van der Waals surface area contributed by atoms with Crippen molar-refractivity contribution >= 4 is 32.7 Å². The molecule has 1 aromatic rings. The zero-order valence-electron chi connectivity index (χ0n) is 12.5. The molecule has 2 fully saturated rings. The molecule has 5 nitrogen and oxygen atoms in total. The van der Waals surface area contributed by atoms with Gasteiger partial charge in [0.15, 0.2) is 15.0 Å². The first-order chi connectivity index (χ1) is 10.3. The molecule has 0 spiro atoms. The first-order valence-corrected chi connectivity index (χ1v) is 9.81. The second-order valence-corrected chi connectivity index (χ2v) is 9.22. The molecule has 2 heterocycles. The Morgan fingerprint density at radius 2 is 2.00 bits per heavy atom. The number of hydrogen-bond donors (Lipinski definition) is 0. The minimum absolute atomic E-state index is 0.000856. The van der Waals surface area contributed by atoms with E-state index in [0.29, 0.717) is 5.17 Å². The quantitative estimate of drug-likeness (QED) is 0.812. The second-order valence-electron chi connectivity index (χ2n) is 5.86. The minimum Gasteiger partial charge on any atom is -0.349 e. The number of sulfone groups is 1. The van der Waals surface area contributed by atoms with E-state index in [2.05, 4.69) is 4.99 Å². The van der Waals surface area contributed by atoms with E-state index in [1.54, 1.807) is 0 Å². The van der Waals surface area contributed by atoms with Crippen LogP contribution in [0.4, 0.5) is 0 Å². The first-order valence-electron chi connectivity index (χ1n) is 7.11. The molecular weight excluding hydrogens is 320 g/mol. The lowest BCUT2D eigenvalue weighted by Gasteiger charge is -2.17. The highest BCUT2D eigenvalue weighted by Crippen LogP contribution is 2.36. The van der Waals surface area contributed by atoms with Crippen molar-refractivity contribution in [2.75, 3.05) is 18.6 Å². The van der Waals surface area contributed by atoms with Crippen LogP contribution in [0.3, 0.4) is 0 Å². The highest BCUT2D eigenvalue weighted by Gasteiger charge is 2.47. The van der Waals surface area contributed by atoms with Gasteiger partial charge in [0.25, 0.3) is 5.91 Å². The molecule has 2 aliphatic heterocycles. The number of rotatable bonds is 2. The lowest BCUT2D eigenvalue weighted by Crippen LogP contribution is -2.34. The maximum Gasteiger partial charge on any atom is 0.252 e. The van der Waals surface area contributed by atoms with Crippen LogP contribution in [0.25, 0.3) is 0 Å². The number of carbonyl (C=O) groups excluding carboxylic acids is 1. The summed E-state index contributed by atoms with van der Waals surface area (Å²) in [6.07, 6.45) is 0.270. The van der Waals surface area contributed by atoms with Crippen molar-refractivity contribution in [2.24, 2.45) is 4.99 Å². The van der Waals surface area contributed by atoms with Gasteiger partial charge in [-0.3, -0.25) is 4.79 Å². The summed E-state index contributed by atoms with van der Waals surface area (Å²) in [5.41, 5.74) is 2.09. The summed E-state index contributed by atoms with van der Waals surface area (Å²) >= 11 is 1.41. The lowest BCUT2D eigenvalue weighted by molar-refractivity contribution is -0.117. The number of aryl methyl sites for hydroxylation is 1. The fraction of sp³-hybridized carbons (Fsp3) is 0.467. The number of carbonyl (C=O) groups is 1. The molecule has 2 unspecified atom stereocenters. The number of nitrogens with zero attached hydrogens (tertiary/aromatic N) is 2. The molecule has 3 rings (SSSR count). The Balaban J connectivity index is 1.68. The van der Waals surface area contributed by atoms with Crippen molar-refractivity contribution in [1.82, 2.24) is 4.90 Å². The number of amidine groups is 1. The third-order valence-corrected chi connectivity index (χ3v) is 7.33. The highest BCUT2D eigenvalue weighted by atomic mass is 32.2. The van der Waals surface area contributed by atoms with E-state index in [0.717, 1.165) is 11.1 Å². The van der Waals surface area contributed by atoms with Crippen molar-refractivity contribution in [3.63, 3.8) is 0 Å². The highest BCUT2D eigenvalue weighted by molar-refractivity contribution is 8.15. The van der Waals surface area contributed by atoms with Crippen LogP contribution < -0.4 is 0 Å². The van der Waals surface area contributed by atoms with Gasteiger partial charge in [-0.1, -0.05) is 41.6 Å². The monoisotopic (exact) mass is 338 g/mol. The Kier molecular flexibility index (Phi) is 4.03. The Hall–Kier alpha value is -1.34. The van der Waals surface area contributed by atoms with Crippen molar-refractivity contribution in [3.05, 3.63) is 35.4 Å². The summed E-state index contributed by atoms with van der Waals surface area (Å²) in [7, 11) is -1.13. The summed E-state index contributed by atoms with van der Waals surface area (Å²) in [5, 5.41) is 0.642. The number of thioether (sulfide) groups is 1. The predicted molar refractivity (Wildman–Crippen MR) is 88.9 cm³/mol. The minimum atomic E-state index is -2.95. The molecule has 2 saturated heterocycles. The van der Waals surface area contributed by atoms with E-state index in [-0.39, 0.29) is 35.1 Å². The van der Waals surface area contributed by atoms with Gasteiger partial charge in [-0.15, -0.1) is 0 Å². The van der Waals surface area contributed by atoms with Crippen LogP contribution in [0.5, 0.6) is 0 Å². The van der Waals surface area contributed by atoms with E-state index >= 15 is 0 Å². The topological polar surface area (TPSA) is 66.8 Å². The molecule has 1 amide bonds. The van der Waals surface area contributed by atoms with Gasteiger partial charge in [0.05, 0.1) is 24.0 Å². The number of hydrogen-bond acceptors (Lipinski definition) is 4. The van der Waals surface area contributed by atoms with Gasteiger partial charge in [-0.05, 0) is 12.5 Å². The van der Waals surface area contributed by atoms with Gasteiger partial charge in [0, 0.05) is 12.3 Å². The summed E-state index contributed by atoms with van der Waals surface area (Å²) in [6, 6.07) is 7.75. The van der Waals surface area contributed by atoms with Gasteiger partial charge < -0.3 is 4.90 Å². The van der Waals surface area contributed by atoms with Crippen molar-refractivity contribution < 1.29 is 13.2 Å². The molecule has 22 heavy (non-hydrogen) atoms. The maximum atomic E-state index is 12.1. The summed E-state index contributed by atoms with van der Waals surface area (Å²) < 4.78 is 23.3. The largest absolute Gasteiger partial charge is 0.349 e. The van der Waals surface area contributed by atoms with Crippen molar-refractivity contribution in [2.45, 2.75) is 24.6 Å². The first kappa shape index (κ1) is 15.6. The Morgan fingerprint density at radius 3 is 2.64 bits per heavy atom. The molecule has 0 radical (unpaired) electrons. The van der Waals surface area contributed by atoms with Crippen LogP contribution in [-0.4, -0.2) is 54.2 Å². The number of amides is 1. The maximum absolute atomic E-state index is 12.1. The second kappa shape index (κ2) is 5.70. The molecule has 0 aliphatic carbocycles. The smallest absolute Gasteiger partial charge is 0.252 e. The molecule has 118 valence electrons. The van der Waals surface area contributed by atoms with E-state index in [1.807, 2.05) is 43.1 Å². The van der Waals surface area contributed by atoms with E-state index in [4.69, 9.17) is 0 Å². The van der Waals surface area contributed by atoms with Gasteiger partial charge in [0.2, 0.25) is 0 Å². The molecule has 0 saturated carbocycles. The third kappa shape index (κ3) is 3.20. The zero-order chi connectivity index (χ0) is 15.9. The van der Waals surface area contributed by atoms with Crippen LogP contribution in [0.15, 0.2) is 29.3 Å². The molecule has 0 bridgehead atoms. The van der Waals surface area contributed by atoms with Gasteiger partial charge >= 0.3 is 0 Å². The van der Waals surface area contributed by atoms with Crippen LogP contribution in [-0.2, 0) is 21.1 Å². The SMILES string of the molecule is Cc1ccc(CC(=O)N=C2SC3CS(=O)(=O)CC3N2C)cc1.